The highest BCUT2D eigenvalue weighted by atomic mass is 35.5. The van der Waals surface area contributed by atoms with Crippen molar-refractivity contribution in [2.45, 2.75) is 19.9 Å². The molecule has 1 N–H and O–H groups in total. The van der Waals surface area contributed by atoms with Crippen molar-refractivity contribution in [1.29, 1.82) is 0 Å². The third-order valence-electron chi connectivity index (χ3n) is 2.88. The summed E-state index contributed by atoms with van der Waals surface area (Å²) in [5, 5.41) is 3.25. The van der Waals surface area contributed by atoms with Gasteiger partial charge in [-0.2, -0.15) is 0 Å². The first kappa shape index (κ1) is 15.7. The molecule has 5 nitrogen and oxygen atoms in total. The molecule has 1 amide bonds. The molecule has 0 aliphatic heterocycles. The fraction of sp³-hybridized carbons (Fsp3) is 0.538. The van der Waals surface area contributed by atoms with E-state index in [1.165, 1.54) is 6.20 Å². The monoisotopic (exact) mass is 285 g/mol. The van der Waals surface area contributed by atoms with Gasteiger partial charge in [0.05, 0.1) is 23.2 Å². The lowest BCUT2D eigenvalue weighted by atomic mass is 10.2. The minimum Gasteiger partial charge on any atom is -0.383 e. The number of nitrogens with zero attached hydrogens (tertiary/aromatic N) is 2. The third kappa shape index (κ3) is 3.81. The van der Waals surface area contributed by atoms with Gasteiger partial charge in [-0.05, 0) is 19.9 Å². The van der Waals surface area contributed by atoms with Crippen molar-refractivity contribution in [3.05, 3.63) is 22.8 Å². The smallest absolute Gasteiger partial charge is 0.255 e. The Morgan fingerprint density at radius 3 is 2.84 bits per heavy atom. The van der Waals surface area contributed by atoms with Crippen LogP contribution in [-0.4, -0.2) is 49.1 Å². The maximum atomic E-state index is 12.5. The van der Waals surface area contributed by atoms with Crippen LogP contribution >= 0.6 is 11.6 Å². The first-order valence-electron chi connectivity index (χ1n) is 6.18. The molecular weight excluding hydrogens is 266 g/mol. The van der Waals surface area contributed by atoms with Crippen LogP contribution in [0.1, 0.15) is 24.2 Å². The quantitative estimate of drug-likeness (QED) is 0.871. The minimum absolute atomic E-state index is 0.00947. The van der Waals surface area contributed by atoms with E-state index in [1.54, 1.807) is 25.1 Å². The molecule has 0 aromatic carbocycles. The van der Waals surface area contributed by atoms with Crippen LogP contribution in [-0.2, 0) is 4.74 Å². The Hall–Kier alpha value is -1.33. The number of hydrogen-bond donors (Lipinski definition) is 1. The second kappa shape index (κ2) is 7.31. The van der Waals surface area contributed by atoms with Gasteiger partial charge in [0.15, 0.2) is 0 Å². The molecule has 1 aromatic heterocycles. The number of anilines is 1. The van der Waals surface area contributed by atoms with Crippen LogP contribution in [0.25, 0.3) is 0 Å². The number of ether oxygens (including phenoxy) is 1. The lowest BCUT2D eigenvalue weighted by molar-refractivity contribution is 0.0579. The van der Waals surface area contributed by atoms with Crippen LogP contribution in [0.15, 0.2) is 12.3 Å². The first-order chi connectivity index (χ1) is 9.04. The van der Waals surface area contributed by atoms with E-state index in [-0.39, 0.29) is 11.9 Å². The number of carbonyl (C=O) groups is 1. The van der Waals surface area contributed by atoms with Gasteiger partial charge < -0.3 is 15.0 Å². The van der Waals surface area contributed by atoms with Gasteiger partial charge in [-0.1, -0.05) is 11.6 Å². The summed E-state index contributed by atoms with van der Waals surface area (Å²) in [5.74, 6) is 0.499. The SMILES string of the molecule is CCN(C(=O)c1cc(NC)ncc1Cl)C(C)COC. The van der Waals surface area contributed by atoms with E-state index in [0.717, 1.165) is 0 Å². The van der Waals surface area contributed by atoms with Gasteiger partial charge in [-0.25, -0.2) is 4.98 Å². The normalized spacial score (nSPS) is 12.1. The van der Waals surface area contributed by atoms with Gasteiger partial charge in [-0.15, -0.1) is 0 Å². The Bertz CT molecular complexity index is 440. The van der Waals surface area contributed by atoms with E-state index >= 15 is 0 Å². The molecule has 1 heterocycles. The molecule has 0 saturated carbocycles. The molecule has 106 valence electrons. The summed E-state index contributed by atoms with van der Waals surface area (Å²) in [4.78, 5) is 18.3. The van der Waals surface area contributed by atoms with Crippen LogP contribution in [0, 0.1) is 0 Å². The first-order valence-corrected chi connectivity index (χ1v) is 6.56. The van der Waals surface area contributed by atoms with E-state index in [2.05, 4.69) is 10.3 Å². The molecule has 19 heavy (non-hydrogen) atoms. The fourth-order valence-corrected chi connectivity index (χ4v) is 2.06. The highest BCUT2D eigenvalue weighted by Gasteiger charge is 2.22. The second-order valence-corrected chi connectivity index (χ2v) is 4.60. The van der Waals surface area contributed by atoms with E-state index in [9.17, 15) is 4.79 Å². The number of rotatable bonds is 6. The maximum Gasteiger partial charge on any atom is 0.255 e. The zero-order chi connectivity index (χ0) is 14.4. The standard InChI is InChI=1S/C13H20ClN3O2/c1-5-17(9(2)8-19-4)13(18)10-6-12(15-3)16-7-11(10)14/h6-7,9H,5,8H2,1-4H3,(H,15,16). The van der Waals surface area contributed by atoms with Crippen molar-refractivity contribution in [2.75, 3.05) is 32.6 Å². The predicted molar refractivity (Wildman–Crippen MR) is 76.8 cm³/mol. The number of nitrogens with one attached hydrogen (secondary N) is 1. The Morgan fingerprint density at radius 1 is 1.63 bits per heavy atom. The molecule has 0 aliphatic carbocycles. The molecule has 0 fully saturated rings. The van der Waals surface area contributed by atoms with E-state index in [0.29, 0.717) is 29.6 Å². The molecular formula is C13H20ClN3O2. The molecule has 1 aromatic rings. The number of hydrogen-bond acceptors (Lipinski definition) is 4. The molecule has 0 spiro atoms. The van der Waals surface area contributed by atoms with E-state index in [4.69, 9.17) is 16.3 Å². The molecule has 0 radical (unpaired) electrons. The molecule has 6 heteroatoms. The number of amides is 1. The summed E-state index contributed by atoms with van der Waals surface area (Å²) in [6, 6.07) is 1.65. The molecule has 0 aliphatic rings. The summed E-state index contributed by atoms with van der Waals surface area (Å²) < 4.78 is 5.10. The average Bonchev–Trinajstić information content (AvgIpc) is 2.40. The van der Waals surface area contributed by atoms with Crippen molar-refractivity contribution in [1.82, 2.24) is 9.88 Å². The number of carbonyl (C=O) groups excluding carboxylic acids is 1. The Morgan fingerprint density at radius 2 is 2.32 bits per heavy atom. The Labute approximate surface area is 118 Å². The van der Waals surface area contributed by atoms with Crippen LogP contribution < -0.4 is 5.32 Å². The Balaban J connectivity index is 3.03. The highest BCUT2D eigenvalue weighted by Crippen LogP contribution is 2.20. The zero-order valence-corrected chi connectivity index (χ0v) is 12.5. The van der Waals surface area contributed by atoms with Crippen molar-refractivity contribution >= 4 is 23.3 Å². The van der Waals surface area contributed by atoms with E-state index in [1.807, 2.05) is 13.8 Å². The topological polar surface area (TPSA) is 54.5 Å². The maximum absolute atomic E-state index is 12.5. The number of halogens is 1. The van der Waals surface area contributed by atoms with Crippen molar-refractivity contribution in [2.24, 2.45) is 0 Å². The largest absolute Gasteiger partial charge is 0.383 e. The summed E-state index contributed by atoms with van der Waals surface area (Å²) in [6.07, 6.45) is 1.48. The summed E-state index contributed by atoms with van der Waals surface area (Å²) >= 11 is 6.06. The number of aromatic nitrogens is 1. The number of methoxy groups -OCH3 is 1. The van der Waals surface area contributed by atoms with Gasteiger partial charge >= 0.3 is 0 Å². The van der Waals surface area contributed by atoms with Crippen molar-refractivity contribution < 1.29 is 9.53 Å². The van der Waals surface area contributed by atoms with Gasteiger partial charge in [0, 0.05) is 26.9 Å². The van der Waals surface area contributed by atoms with Crippen molar-refractivity contribution in [3.63, 3.8) is 0 Å². The van der Waals surface area contributed by atoms with Crippen LogP contribution in [0.4, 0.5) is 5.82 Å². The highest BCUT2D eigenvalue weighted by molar-refractivity contribution is 6.33. The predicted octanol–water partition coefficient (Wildman–Crippen LogP) is 2.27. The lowest BCUT2D eigenvalue weighted by Crippen LogP contribution is -2.41. The van der Waals surface area contributed by atoms with Crippen LogP contribution in [0.3, 0.4) is 0 Å². The summed E-state index contributed by atoms with van der Waals surface area (Å²) in [6.45, 7) is 4.95. The second-order valence-electron chi connectivity index (χ2n) is 4.19. The number of likely N-dealkylation sites (N-methyl/N-ethyl adjacent to an activating group) is 1. The van der Waals surface area contributed by atoms with Crippen molar-refractivity contribution in [3.8, 4) is 0 Å². The van der Waals surface area contributed by atoms with Gasteiger partial charge in [0.25, 0.3) is 5.91 Å². The van der Waals surface area contributed by atoms with Crippen LogP contribution in [0.5, 0.6) is 0 Å². The number of pyridine rings is 1. The average molecular weight is 286 g/mol. The lowest BCUT2D eigenvalue weighted by Gasteiger charge is -2.28. The molecule has 0 saturated heterocycles. The minimum atomic E-state index is -0.115. The van der Waals surface area contributed by atoms with E-state index < -0.39 is 0 Å². The summed E-state index contributed by atoms with van der Waals surface area (Å²) in [5.41, 5.74) is 0.450. The van der Waals surface area contributed by atoms with Crippen LogP contribution in [0.2, 0.25) is 5.02 Å². The van der Waals surface area contributed by atoms with Gasteiger partial charge in [0.2, 0.25) is 0 Å². The molecule has 0 bridgehead atoms. The third-order valence-corrected chi connectivity index (χ3v) is 3.18. The fourth-order valence-electron chi connectivity index (χ4n) is 1.88. The zero-order valence-electron chi connectivity index (χ0n) is 11.7. The Kier molecular flexibility index (Phi) is 6.05. The molecule has 1 unspecified atom stereocenters. The van der Waals surface area contributed by atoms with Gasteiger partial charge in [0.1, 0.15) is 5.82 Å². The molecule has 1 rings (SSSR count). The van der Waals surface area contributed by atoms with Gasteiger partial charge in [-0.3, -0.25) is 4.79 Å². The summed E-state index contributed by atoms with van der Waals surface area (Å²) in [7, 11) is 3.36. The molecule has 1 atom stereocenters.